The molecule has 0 unspecified atom stereocenters. The van der Waals surface area contributed by atoms with E-state index in [2.05, 4.69) is 24.5 Å². The Labute approximate surface area is 255 Å². The quantitative estimate of drug-likeness (QED) is 0.0664. The van der Waals surface area contributed by atoms with Crippen molar-refractivity contribution in [2.45, 2.75) is 199 Å². The average Bonchev–Trinajstić information content (AvgIpc) is 3.69. The molecular formula is C37H68N2O2. The number of rotatable bonds is 30. The molecule has 0 aromatic carbocycles. The Morgan fingerprint density at radius 3 is 1.02 bits per heavy atom. The van der Waals surface area contributed by atoms with Crippen LogP contribution in [0.4, 0.5) is 0 Å². The number of allylic oxidation sites excluding steroid dienone is 2. The third-order valence-electron chi connectivity index (χ3n) is 8.43. The molecule has 0 bridgehead atoms. The van der Waals surface area contributed by atoms with Crippen LogP contribution in [0.5, 0.6) is 0 Å². The third-order valence-corrected chi connectivity index (χ3v) is 8.43. The van der Waals surface area contributed by atoms with Crippen molar-refractivity contribution in [3.63, 3.8) is 0 Å². The van der Waals surface area contributed by atoms with Crippen LogP contribution in [0.15, 0.2) is 24.3 Å². The minimum absolute atomic E-state index is 0.0341. The molecule has 0 aliphatic heterocycles. The van der Waals surface area contributed by atoms with Crippen molar-refractivity contribution >= 4 is 11.8 Å². The molecule has 0 spiro atoms. The fourth-order valence-electron chi connectivity index (χ4n) is 5.56. The molecule has 1 aliphatic carbocycles. The van der Waals surface area contributed by atoms with E-state index >= 15 is 0 Å². The van der Waals surface area contributed by atoms with E-state index in [0.717, 1.165) is 32.1 Å². The van der Waals surface area contributed by atoms with Crippen molar-refractivity contribution in [3.8, 4) is 0 Å². The maximum Gasteiger partial charge on any atom is 0.243 e. The molecule has 41 heavy (non-hydrogen) atoms. The van der Waals surface area contributed by atoms with Crippen molar-refractivity contribution in [3.05, 3.63) is 24.3 Å². The minimum atomic E-state index is -0.0341. The Balaban J connectivity index is 1.87. The van der Waals surface area contributed by atoms with Gasteiger partial charge in [0.2, 0.25) is 11.8 Å². The predicted octanol–water partition coefficient (Wildman–Crippen LogP) is 10.7. The van der Waals surface area contributed by atoms with Crippen molar-refractivity contribution in [1.29, 1.82) is 0 Å². The Morgan fingerprint density at radius 1 is 0.463 bits per heavy atom. The van der Waals surface area contributed by atoms with Gasteiger partial charge in [0.05, 0.1) is 12.1 Å². The number of hydrogen-bond acceptors (Lipinski definition) is 2. The van der Waals surface area contributed by atoms with E-state index in [0.29, 0.717) is 0 Å². The molecule has 0 aromatic heterocycles. The molecule has 2 amide bonds. The first-order valence-electron chi connectivity index (χ1n) is 18.1. The summed E-state index contributed by atoms with van der Waals surface area (Å²) in [5, 5.41) is 6.02. The zero-order chi connectivity index (χ0) is 29.6. The lowest BCUT2D eigenvalue weighted by molar-refractivity contribution is -0.118. The molecule has 2 atom stereocenters. The monoisotopic (exact) mass is 573 g/mol. The van der Waals surface area contributed by atoms with Crippen LogP contribution >= 0.6 is 0 Å². The molecule has 0 aromatic rings. The van der Waals surface area contributed by atoms with Gasteiger partial charge in [-0.25, -0.2) is 0 Å². The Morgan fingerprint density at radius 2 is 0.732 bits per heavy atom. The molecule has 1 fully saturated rings. The van der Waals surface area contributed by atoms with Crippen molar-refractivity contribution in [2.24, 2.45) is 0 Å². The van der Waals surface area contributed by atoms with E-state index in [1.807, 2.05) is 12.2 Å². The standard InChI is InChI=1S/C37H68N2O2/c1-3-5-7-9-11-13-15-17-19-21-23-25-27-29-31-36(40)38-34-33-35(34)39-37(41)32-30-28-26-24-22-20-18-16-14-12-10-8-6-4-2/h29-32,34-35H,3-28,33H2,1-2H3,(H,38,40)(H,39,41)/b31-29+,32-30+/t34-,35+. The van der Waals surface area contributed by atoms with Crippen LogP contribution in [0.1, 0.15) is 187 Å². The predicted molar refractivity (Wildman–Crippen MR) is 178 cm³/mol. The van der Waals surface area contributed by atoms with E-state index in [4.69, 9.17) is 0 Å². The molecule has 4 heteroatoms. The lowest BCUT2D eigenvalue weighted by Crippen LogP contribution is -2.33. The molecular weight excluding hydrogens is 504 g/mol. The molecule has 2 N–H and O–H groups in total. The van der Waals surface area contributed by atoms with E-state index in [1.165, 1.54) is 141 Å². The van der Waals surface area contributed by atoms with Crippen LogP contribution in [-0.4, -0.2) is 23.9 Å². The van der Waals surface area contributed by atoms with Crippen molar-refractivity contribution in [2.75, 3.05) is 0 Å². The first kappa shape index (κ1) is 37.4. The fourth-order valence-corrected chi connectivity index (χ4v) is 5.56. The molecule has 0 heterocycles. The van der Waals surface area contributed by atoms with Gasteiger partial charge in [-0.3, -0.25) is 9.59 Å². The second-order valence-corrected chi connectivity index (χ2v) is 12.6. The lowest BCUT2D eigenvalue weighted by atomic mass is 10.0. The molecule has 0 radical (unpaired) electrons. The second-order valence-electron chi connectivity index (χ2n) is 12.6. The Bertz CT molecular complexity index is 616. The van der Waals surface area contributed by atoms with Gasteiger partial charge in [-0.1, -0.05) is 167 Å². The van der Waals surface area contributed by atoms with Gasteiger partial charge in [-0.05, 0) is 44.3 Å². The fraction of sp³-hybridized carbons (Fsp3) is 0.838. The van der Waals surface area contributed by atoms with Crippen molar-refractivity contribution < 1.29 is 9.59 Å². The molecule has 0 saturated heterocycles. The summed E-state index contributed by atoms with van der Waals surface area (Å²) in [6, 6.07) is 0.153. The maximum absolute atomic E-state index is 12.1. The van der Waals surface area contributed by atoms with Gasteiger partial charge >= 0.3 is 0 Å². The molecule has 4 nitrogen and oxygen atoms in total. The number of amides is 2. The van der Waals surface area contributed by atoms with E-state index in [1.54, 1.807) is 12.2 Å². The molecule has 1 aliphatic rings. The topological polar surface area (TPSA) is 58.2 Å². The van der Waals surface area contributed by atoms with Gasteiger partial charge in [0.15, 0.2) is 0 Å². The van der Waals surface area contributed by atoms with Gasteiger partial charge in [0, 0.05) is 0 Å². The Hall–Kier alpha value is -1.58. The summed E-state index contributed by atoms with van der Waals surface area (Å²) >= 11 is 0. The van der Waals surface area contributed by atoms with E-state index < -0.39 is 0 Å². The average molecular weight is 573 g/mol. The number of carbonyl (C=O) groups is 2. The number of carbonyl (C=O) groups excluding carboxylic acids is 2. The highest BCUT2D eigenvalue weighted by molar-refractivity contribution is 5.89. The highest BCUT2D eigenvalue weighted by Crippen LogP contribution is 2.21. The van der Waals surface area contributed by atoms with E-state index in [9.17, 15) is 9.59 Å². The van der Waals surface area contributed by atoms with Crippen LogP contribution < -0.4 is 10.6 Å². The number of nitrogens with one attached hydrogen (secondary N) is 2. The summed E-state index contributed by atoms with van der Waals surface area (Å²) in [7, 11) is 0. The SMILES string of the molecule is CCCCCCCCCCCCCC/C=C/C(=O)N[C@H]1C[C@H]1NC(=O)/C=C/CCCCCCCCCCCCCC. The smallest absolute Gasteiger partial charge is 0.243 e. The minimum Gasteiger partial charge on any atom is -0.348 e. The van der Waals surface area contributed by atoms with Crippen LogP contribution in [0.2, 0.25) is 0 Å². The molecule has 238 valence electrons. The summed E-state index contributed by atoms with van der Waals surface area (Å²) in [6.07, 6.45) is 42.6. The van der Waals surface area contributed by atoms with Gasteiger partial charge in [-0.2, -0.15) is 0 Å². The van der Waals surface area contributed by atoms with Gasteiger partial charge in [0.25, 0.3) is 0 Å². The first-order chi connectivity index (χ1) is 20.2. The van der Waals surface area contributed by atoms with Crippen molar-refractivity contribution in [1.82, 2.24) is 10.6 Å². The summed E-state index contributed by atoms with van der Waals surface area (Å²) in [5.41, 5.74) is 0. The maximum atomic E-state index is 12.1. The van der Waals surface area contributed by atoms with Gasteiger partial charge in [-0.15, -0.1) is 0 Å². The zero-order valence-corrected chi connectivity index (χ0v) is 27.4. The second kappa shape index (κ2) is 28.5. The largest absolute Gasteiger partial charge is 0.348 e. The highest BCUT2D eigenvalue weighted by Gasteiger charge is 2.38. The summed E-state index contributed by atoms with van der Waals surface area (Å²) in [4.78, 5) is 24.3. The number of hydrogen-bond donors (Lipinski definition) is 2. The normalized spacial score (nSPS) is 16.5. The van der Waals surface area contributed by atoms with Crippen LogP contribution in [0.25, 0.3) is 0 Å². The van der Waals surface area contributed by atoms with Crippen LogP contribution in [0.3, 0.4) is 0 Å². The van der Waals surface area contributed by atoms with Gasteiger partial charge in [0.1, 0.15) is 0 Å². The molecule has 1 saturated carbocycles. The van der Waals surface area contributed by atoms with E-state index in [-0.39, 0.29) is 23.9 Å². The summed E-state index contributed by atoms with van der Waals surface area (Å²) in [6.45, 7) is 4.55. The Kier molecular flexibility index (Phi) is 26.1. The summed E-state index contributed by atoms with van der Waals surface area (Å²) in [5.74, 6) is -0.0681. The first-order valence-corrected chi connectivity index (χ1v) is 18.1. The van der Waals surface area contributed by atoms with Crippen LogP contribution in [0, 0.1) is 0 Å². The number of unbranched alkanes of at least 4 members (excludes halogenated alkanes) is 24. The highest BCUT2D eigenvalue weighted by atomic mass is 16.2. The van der Waals surface area contributed by atoms with Crippen LogP contribution in [-0.2, 0) is 9.59 Å². The lowest BCUT2D eigenvalue weighted by Gasteiger charge is -2.03. The molecule has 1 rings (SSSR count). The van der Waals surface area contributed by atoms with Gasteiger partial charge < -0.3 is 10.6 Å². The third kappa shape index (κ3) is 25.8. The zero-order valence-electron chi connectivity index (χ0n) is 27.4. The summed E-state index contributed by atoms with van der Waals surface area (Å²) < 4.78 is 0.